The fourth-order valence-corrected chi connectivity index (χ4v) is 6.12. The van der Waals surface area contributed by atoms with Gasteiger partial charge in [0.15, 0.2) is 0 Å². The van der Waals surface area contributed by atoms with Crippen LogP contribution in [0.15, 0.2) is 18.3 Å². The standard InChI is InChI=1S/C28H41F2N7O8S2/c1-16(2)35-36-27(44)45-9-10-46-47-14-21(26(42)43)34-23(39)6-5-22(38)32-13-20-11-19(7-8-31-20)24(40)33-18(4)25(41)37-15-28(29,30)12-17(37)3/h7-8,11,16-18,21,35H,5-6,9-10,12-15H2,1-4H3,(H,32,38)(H,33,40)(H,34,39)(H,36,44)(H,42,43)/t17-,18-,21?/m1/s1. The number of nitrogens with zero attached hydrogens (tertiary/aromatic N) is 2. The SMILES string of the molecule is CC(C)NNC(=O)OCCSSCC(NC(=O)CCC(=O)NCc1cc(C(=O)N[C@H](C)C(=O)N2CC(F)(F)C[C@H]2C)ccn1)C(=O)O. The summed E-state index contributed by atoms with van der Waals surface area (Å²) < 4.78 is 32.3. The van der Waals surface area contributed by atoms with Crippen LogP contribution in [0.3, 0.4) is 0 Å². The third-order valence-corrected chi connectivity index (χ3v) is 8.85. The zero-order valence-electron chi connectivity index (χ0n) is 26.5. The van der Waals surface area contributed by atoms with Crippen molar-refractivity contribution in [3.63, 3.8) is 0 Å². The molecule has 0 aromatic carbocycles. The predicted molar refractivity (Wildman–Crippen MR) is 170 cm³/mol. The Hall–Kier alpha value is -3.71. The molecule has 6 N–H and O–H groups in total. The summed E-state index contributed by atoms with van der Waals surface area (Å²) in [5, 5.41) is 16.9. The number of aromatic nitrogens is 1. The highest BCUT2D eigenvalue weighted by Gasteiger charge is 2.45. The van der Waals surface area contributed by atoms with Crippen LogP contribution in [-0.4, -0.2) is 105 Å². The van der Waals surface area contributed by atoms with E-state index in [1.807, 2.05) is 13.8 Å². The Labute approximate surface area is 278 Å². The summed E-state index contributed by atoms with van der Waals surface area (Å²) in [5.74, 6) is -6.19. The molecule has 1 aromatic heterocycles. The van der Waals surface area contributed by atoms with E-state index in [1.165, 1.54) is 53.8 Å². The minimum Gasteiger partial charge on any atom is -0.480 e. The molecule has 0 spiro atoms. The van der Waals surface area contributed by atoms with Gasteiger partial charge in [0.25, 0.3) is 11.8 Å². The fourth-order valence-electron chi connectivity index (χ4n) is 4.14. The lowest BCUT2D eigenvalue weighted by molar-refractivity contribution is -0.141. The number of hydrogen-bond donors (Lipinski definition) is 6. The summed E-state index contributed by atoms with van der Waals surface area (Å²) >= 11 is 0. The van der Waals surface area contributed by atoms with E-state index in [0.29, 0.717) is 11.4 Å². The molecule has 0 aliphatic carbocycles. The molecular formula is C28H41F2N7O8S2. The number of hydrogen-bond acceptors (Lipinski definition) is 11. The first kappa shape index (κ1) is 39.5. The molecule has 1 unspecified atom stereocenters. The molecule has 0 radical (unpaired) electrons. The maximum Gasteiger partial charge on any atom is 0.421 e. The summed E-state index contributed by atoms with van der Waals surface area (Å²) in [6, 6.07) is -0.0814. The van der Waals surface area contributed by atoms with Gasteiger partial charge in [0.2, 0.25) is 17.7 Å². The van der Waals surface area contributed by atoms with Crippen LogP contribution in [0.25, 0.3) is 0 Å². The number of pyridine rings is 1. The monoisotopic (exact) mass is 705 g/mol. The summed E-state index contributed by atoms with van der Waals surface area (Å²) in [5.41, 5.74) is 5.49. The van der Waals surface area contributed by atoms with Gasteiger partial charge < -0.3 is 30.7 Å². The predicted octanol–water partition coefficient (Wildman–Crippen LogP) is 1.44. The summed E-state index contributed by atoms with van der Waals surface area (Å²) in [6.07, 6.45) is -0.258. The van der Waals surface area contributed by atoms with Crippen LogP contribution in [0, 0.1) is 0 Å². The molecule has 15 nitrogen and oxygen atoms in total. The molecule has 1 fully saturated rings. The van der Waals surface area contributed by atoms with E-state index in [9.17, 15) is 42.7 Å². The molecule has 0 bridgehead atoms. The highest BCUT2D eigenvalue weighted by atomic mass is 33.1. The van der Waals surface area contributed by atoms with Crippen molar-refractivity contribution in [1.82, 2.24) is 36.7 Å². The van der Waals surface area contributed by atoms with Crippen molar-refractivity contribution in [2.45, 2.75) is 83.6 Å². The number of hydrazine groups is 1. The van der Waals surface area contributed by atoms with Gasteiger partial charge in [-0.2, -0.15) is 0 Å². The Bertz CT molecular complexity index is 1280. The van der Waals surface area contributed by atoms with E-state index in [4.69, 9.17) is 4.74 Å². The molecule has 0 saturated carbocycles. The number of carboxylic acids is 1. The maximum absolute atomic E-state index is 13.7. The smallest absolute Gasteiger partial charge is 0.421 e. The van der Waals surface area contributed by atoms with Gasteiger partial charge in [-0.1, -0.05) is 21.6 Å². The molecule has 1 aromatic rings. The van der Waals surface area contributed by atoms with E-state index in [-0.39, 0.29) is 43.4 Å². The molecule has 1 aliphatic rings. The van der Waals surface area contributed by atoms with Gasteiger partial charge in [-0.05, 0) is 39.8 Å². The maximum atomic E-state index is 13.7. The first-order chi connectivity index (χ1) is 22.1. The molecule has 1 aliphatic heterocycles. The van der Waals surface area contributed by atoms with Gasteiger partial charge in [0.1, 0.15) is 18.7 Å². The molecule has 47 heavy (non-hydrogen) atoms. The van der Waals surface area contributed by atoms with Crippen LogP contribution in [0.2, 0.25) is 0 Å². The second kappa shape index (κ2) is 19.2. The number of aliphatic carboxylic acids is 1. The number of ether oxygens (including phenoxy) is 1. The van der Waals surface area contributed by atoms with Crippen LogP contribution in [-0.2, 0) is 30.5 Å². The number of carbonyl (C=O) groups excluding carboxylic acids is 5. The summed E-state index contributed by atoms with van der Waals surface area (Å²) in [6.45, 7) is 5.92. The first-order valence-electron chi connectivity index (χ1n) is 14.7. The number of rotatable bonds is 18. The quantitative estimate of drug-likeness (QED) is 0.0729. The van der Waals surface area contributed by atoms with E-state index in [0.717, 1.165) is 4.90 Å². The Balaban J connectivity index is 1.71. The van der Waals surface area contributed by atoms with Crippen LogP contribution in [0.5, 0.6) is 0 Å². The molecule has 19 heteroatoms. The van der Waals surface area contributed by atoms with Gasteiger partial charge in [-0.3, -0.25) is 29.6 Å². The largest absolute Gasteiger partial charge is 0.480 e. The number of alkyl halides is 2. The number of nitrogens with one attached hydrogen (secondary N) is 5. The van der Waals surface area contributed by atoms with Crippen molar-refractivity contribution in [3.8, 4) is 0 Å². The first-order valence-corrected chi connectivity index (χ1v) is 17.2. The zero-order valence-corrected chi connectivity index (χ0v) is 28.1. The Morgan fingerprint density at radius 1 is 1.11 bits per heavy atom. The van der Waals surface area contributed by atoms with Gasteiger partial charge in [-0.15, -0.1) is 0 Å². The number of amides is 5. The third-order valence-electron chi connectivity index (χ3n) is 6.47. The van der Waals surface area contributed by atoms with E-state index in [2.05, 4.69) is 31.8 Å². The minimum absolute atomic E-state index is 0.0366. The second-order valence-corrected chi connectivity index (χ2v) is 13.6. The third kappa shape index (κ3) is 14.7. The lowest BCUT2D eigenvalue weighted by atomic mass is 10.2. The second-order valence-electron chi connectivity index (χ2n) is 11.0. The number of carboxylic acid groups (broad SMARTS) is 1. The summed E-state index contributed by atoms with van der Waals surface area (Å²) in [7, 11) is 2.44. The highest BCUT2D eigenvalue weighted by Crippen LogP contribution is 2.32. The number of halogens is 2. The Morgan fingerprint density at radius 2 is 1.81 bits per heavy atom. The van der Waals surface area contributed by atoms with E-state index >= 15 is 0 Å². The van der Waals surface area contributed by atoms with Gasteiger partial charge >= 0.3 is 12.1 Å². The zero-order chi connectivity index (χ0) is 35.1. The van der Waals surface area contributed by atoms with Crippen LogP contribution >= 0.6 is 21.6 Å². The Morgan fingerprint density at radius 3 is 2.45 bits per heavy atom. The average molecular weight is 706 g/mol. The van der Waals surface area contributed by atoms with Gasteiger partial charge in [0.05, 0.1) is 18.8 Å². The topological polar surface area (TPSA) is 208 Å². The molecule has 5 amide bonds. The van der Waals surface area contributed by atoms with Gasteiger partial charge in [0, 0.05) is 54.6 Å². The van der Waals surface area contributed by atoms with Crippen LogP contribution in [0.4, 0.5) is 13.6 Å². The molecule has 262 valence electrons. The minimum atomic E-state index is -2.98. The molecule has 2 rings (SSSR count). The van der Waals surface area contributed by atoms with Crippen molar-refractivity contribution in [2.75, 3.05) is 24.7 Å². The molecular weight excluding hydrogens is 664 g/mol. The summed E-state index contributed by atoms with van der Waals surface area (Å²) in [4.78, 5) is 78.1. The van der Waals surface area contributed by atoms with Gasteiger partial charge in [-0.25, -0.2) is 23.8 Å². The van der Waals surface area contributed by atoms with E-state index < -0.39 is 72.7 Å². The average Bonchev–Trinajstić information content (AvgIpc) is 3.29. The number of carbonyl (C=O) groups is 6. The lowest BCUT2D eigenvalue weighted by Crippen LogP contribution is -2.48. The van der Waals surface area contributed by atoms with Crippen LogP contribution in [0.1, 0.15) is 63.0 Å². The van der Waals surface area contributed by atoms with Crippen molar-refractivity contribution < 1.29 is 47.4 Å². The van der Waals surface area contributed by atoms with Crippen molar-refractivity contribution in [2.24, 2.45) is 0 Å². The molecule has 3 atom stereocenters. The molecule has 1 saturated heterocycles. The lowest BCUT2D eigenvalue weighted by Gasteiger charge is -2.25. The highest BCUT2D eigenvalue weighted by molar-refractivity contribution is 8.76. The fraction of sp³-hybridized carbons (Fsp3) is 0.607. The molecule has 2 heterocycles. The normalized spacial score (nSPS) is 16.6. The number of likely N-dealkylation sites (tertiary alicyclic amines) is 1. The van der Waals surface area contributed by atoms with Crippen molar-refractivity contribution in [1.29, 1.82) is 0 Å². The van der Waals surface area contributed by atoms with Crippen molar-refractivity contribution >= 4 is 57.3 Å². The van der Waals surface area contributed by atoms with Crippen LogP contribution < -0.4 is 26.8 Å². The Kier molecular flexibility index (Phi) is 16.1. The van der Waals surface area contributed by atoms with Crippen molar-refractivity contribution in [3.05, 3.63) is 29.6 Å². The van der Waals surface area contributed by atoms with E-state index in [1.54, 1.807) is 0 Å².